The number of carbonyl (C=O) groups is 2. The minimum atomic E-state index is -0.792. The second-order valence-electron chi connectivity index (χ2n) is 7.76. The molecule has 1 aromatic rings. The lowest BCUT2D eigenvalue weighted by Gasteiger charge is -2.32. The van der Waals surface area contributed by atoms with Crippen LogP contribution in [0.25, 0.3) is 0 Å². The van der Waals surface area contributed by atoms with Crippen molar-refractivity contribution in [3.05, 3.63) is 29.3 Å². The van der Waals surface area contributed by atoms with Crippen molar-refractivity contribution >= 4 is 17.6 Å². The molecule has 25 heavy (non-hydrogen) atoms. The highest BCUT2D eigenvalue weighted by atomic mass is 16.4. The molecule has 1 saturated heterocycles. The minimum absolute atomic E-state index is 0.101. The molecule has 0 radical (unpaired) electrons. The van der Waals surface area contributed by atoms with E-state index in [9.17, 15) is 14.7 Å². The smallest absolute Gasteiger partial charge is 0.320 e. The van der Waals surface area contributed by atoms with Crippen molar-refractivity contribution < 1.29 is 14.7 Å². The lowest BCUT2D eigenvalue weighted by Crippen LogP contribution is -2.46. The molecule has 3 atom stereocenters. The number of amides is 1. The zero-order valence-electron chi connectivity index (χ0n) is 14.5. The Kier molecular flexibility index (Phi) is 4.50. The number of hydrogen-bond acceptors (Lipinski definition) is 3. The molecular weight excluding hydrogens is 316 g/mol. The number of carbonyl (C=O) groups excluding carboxylic acids is 1. The molecule has 0 aromatic heterocycles. The van der Waals surface area contributed by atoms with Crippen molar-refractivity contribution in [2.75, 3.05) is 11.9 Å². The van der Waals surface area contributed by atoms with Gasteiger partial charge in [-0.2, -0.15) is 0 Å². The Labute approximate surface area is 148 Å². The van der Waals surface area contributed by atoms with Gasteiger partial charge in [0.25, 0.3) is 0 Å². The number of likely N-dealkylation sites (tertiary alicyclic amines) is 1. The number of aryl methyl sites for hydroxylation is 2. The molecule has 5 nitrogen and oxygen atoms in total. The number of benzene rings is 1. The summed E-state index contributed by atoms with van der Waals surface area (Å²) in [5.41, 5.74) is 3.54. The van der Waals surface area contributed by atoms with Crippen molar-refractivity contribution in [1.82, 2.24) is 4.90 Å². The molecule has 1 aliphatic heterocycles. The zero-order chi connectivity index (χ0) is 17.4. The Hall–Kier alpha value is -1.88. The first kappa shape index (κ1) is 16.6. The van der Waals surface area contributed by atoms with Crippen molar-refractivity contribution in [3.8, 4) is 0 Å². The van der Waals surface area contributed by atoms with Crippen LogP contribution in [-0.2, 0) is 22.4 Å². The third kappa shape index (κ3) is 3.30. The molecule has 0 bridgehead atoms. The van der Waals surface area contributed by atoms with Gasteiger partial charge in [-0.3, -0.25) is 14.5 Å². The number of anilines is 1. The van der Waals surface area contributed by atoms with Crippen LogP contribution in [0.2, 0.25) is 0 Å². The fourth-order valence-corrected chi connectivity index (χ4v) is 5.04. The number of aliphatic carboxylic acids is 1. The van der Waals surface area contributed by atoms with Gasteiger partial charge in [0.1, 0.15) is 6.04 Å². The van der Waals surface area contributed by atoms with Crippen LogP contribution in [-0.4, -0.2) is 40.5 Å². The molecule has 2 aliphatic carbocycles. The van der Waals surface area contributed by atoms with Gasteiger partial charge in [-0.15, -0.1) is 0 Å². The first-order valence-electron chi connectivity index (χ1n) is 9.52. The molecule has 0 spiro atoms. The summed E-state index contributed by atoms with van der Waals surface area (Å²) >= 11 is 0. The van der Waals surface area contributed by atoms with E-state index in [0.717, 1.165) is 37.8 Å². The van der Waals surface area contributed by atoms with Crippen LogP contribution < -0.4 is 5.32 Å². The molecule has 134 valence electrons. The summed E-state index contributed by atoms with van der Waals surface area (Å²) in [6.07, 6.45) is 8.50. The summed E-state index contributed by atoms with van der Waals surface area (Å²) in [4.78, 5) is 26.2. The second-order valence-corrected chi connectivity index (χ2v) is 7.76. The van der Waals surface area contributed by atoms with Gasteiger partial charge < -0.3 is 10.4 Å². The first-order chi connectivity index (χ1) is 12.1. The lowest BCUT2D eigenvalue weighted by atomic mass is 9.85. The van der Waals surface area contributed by atoms with E-state index < -0.39 is 12.0 Å². The molecule has 1 saturated carbocycles. The van der Waals surface area contributed by atoms with Gasteiger partial charge in [0.15, 0.2) is 0 Å². The maximum Gasteiger partial charge on any atom is 0.320 e. The lowest BCUT2D eigenvalue weighted by molar-refractivity contribution is -0.143. The van der Waals surface area contributed by atoms with Crippen molar-refractivity contribution in [2.45, 2.75) is 63.5 Å². The fraction of sp³-hybridized carbons (Fsp3) is 0.600. The minimum Gasteiger partial charge on any atom is -0.480 e. The van der Waals surface area contributed by atoms with Gasteiger partial charge in [-0.25, -0.2) is 0 Å². The first-order valence-corrected chi connectivity index (χ1v) is 9.52. The largest absolute Gasteiger partial charge is 0.480 e. The highest BCUT2D eigenvalue weighted by molar-refractivity contribution is 5.93. The van der Waals surface area contributed by atoms with Gasteiger partial charge >= 0.3 is 5.97 Å². The number of nitrogens with one attached hydrogen (secondary N) is 1. The van der Waals surface area contributed by atoms with Gasteiger partial charge in [-0.1, -0.05) is 18.9 Å². The molecule has 3 unspecified atom stereocenters. The Morgan fingerprint density at radius 2 is 1.92 bits per heavy atom. The molecule has 4 rings (SSSR count). The summed E-state index contributed by atoms with van der Waals surface area (Å²) in [5.74, 6) is -0.460. The van der Waals surface area contributed by atoms with Gasteiger partial charge in [0.05, 0.1) is 6.54 Å². The van der Waals surface area contributed by atoms with E-state index in [2.05, 4.69) is 17.4 Å². The van der Waals surface area contributed by atoms with Crippen LogP contribution in [0.1, 0.15) is 49.7 Å². The molecule has 1 amide bonds. The van der Waals surface area contributed by atoms with E-state index in [1.807, 2.05) is 11.0 Å². The average Bonchev–Trinajstić information content (AvgIpc) is 3.19. The van der Waals surface area contributed by atoms with Gasteiger partial charge in [0.2, 0.25) is 5.91 Å². The van der Waals surface area contributed by atoms with Crippen LogP contribution in [0.3, 0.4) is 0 Å². The highest BCUT2D eigenvalue weighted by Gasteiger charge is 2.45. The van der Waals surface area contributed by atoms with E-state index in [4.69, 9.17) is 0 Å². The number of carboxylic acids is 1. The average molecular weight is 342 g/mol. The third-order valence-electron chi connectivity index (χ3n) is 6.21. The second kappa shape index (κ2) is 6.79. The number of fused-ring (bicyclic) bond motifs is 2. The predicted octanol–water partition coefficient (Wildman–Crippen LogP) is 2.83. The molecule has 2 fully saturated rings. The number of hydrogen-bond donors (Lipinski definition) is 2. The Morgan fingerprint density at radius 1 is 1.12 bits per heavy atom. The quantitative estimate of drug-likeness (QED) is 0.883. The van der Waals surface area contributed by atoms with E-state index in [-0.39, 0.29) is 18.5 Å². The van der Waals surface area contributed by atoms with Crippen LogP contribution >= 0.6 is 0 Å². The summed E-state index contributed by atoms with van der Waals surface area (Å²) in [6.45, 7) is 0.176. The monoisotopic (exact) mass is 342 g/mol. The Balaban J connectivity index is 1.44. The molecule has 3 aliphatic rings. The van der Waals surface area contributed by atoms with E-state index >= 15 is 0 Å². The third-order valence-corrected chi connectivity index (χ3v) is 6.21. The van der Waals surface area contributed by atoms with Crippen molar-refractivity contribution in [1.29, 1.82) is 0 Å². The predicted molar refractivity (Wildman–Crippen MR) is 95.6 cm³/mol. The van der Waals surface area contributed by atoms with Gasteiger partial charge in [0, 0.05) is 11.7 Å². The molecular formula is C20H26N2O3. The maximum atomic E-state index is 12.6. The fourth-order valence-electron chi connectivity index (χ4n) is 5.04. The summed E-state index contributed by atoms with van der Waals surface area (Å²) in [6, 6.07) is 5.87. The summed E-state index contributed by atoms with van der Waals surface area (Å²) in [7, 11) is 0. The van der Waals surface area contributed by atoms with Crippen LogP contribution in [0.4, 0.5) is 5.69 Å². The zero-order valence-corrected chi connectivity index (χ0v) is 14.5. The van der Waals surface area contributed by atoms with E-state index in [0.29, 0.717) is 12.3 Å². The number of nitrogens with zero attached hydrogens (tertiary/aromatic N) is 1. The van der Waals surface area contributed by atoms with E-state index in [1.165, 1.54) is 24.0 Å². The topological polar surface area (TPSA) is 69.6 Å². The Morgan fingerprint density at radius 3 is 2.76 bits per heavy atom. The van der Waals surface area contributed by atoms with Gasteiger partial charge in [-0.05, 0) is 67.7 Å². The number of rotatable bonds is 4. The Bertz CT molecular complexity index is 688. The van der Waals surface area contributed by atoms with Crippen molar-refractivity contribution in [3.63, 3.8) is 0 Å². The van der Waals surface area contributed by atoms with Crippen LogP contribution in [0.5, 0.6) is 0 Å². The molecule has 5 heteroatoms. The van der Waals surface area contributed by atoms with Crippen molar-refractivity contribution in [2.24, 2.45) is 5.92 Å². The summed E-state index contributed by atoms with van der Waals surface area (Å²) in [5, 5.41) is 12.5. The normalized spacial score (nSPS) is 28.4. The van der Waals surface area contributed by atoms with Crippen LogP contribution in [0.15, 0.2) is 18.2 Å². The SMILES string of the molecule is O=C(CN1C(C(=O)O)CC2CCCCC21)Nc1ccc2c(c1)CCC2. The molecule has 2 N–H and O–H groups in total. The van der Waals surface area contributed by atoms with E-state index in [1.54, 1.807) is 0 Å². The maximum absolute atomic E-state index is 12.6. The highest BCUT2D eigenvalue weighted by Crippen LogP contribution is 2.39. The number of carboxylic acid groups (broad SMARTS) is 1. The van der Waals surface area contributed by atoms with Crippen LogP contribution in [0, 0.1) is 5.92 Å². The standard InChI is InChI=1S/C20H26N2O3/c23-19(21-16-9-8-13-5-3-6-14(13)10-16)12-22-17-7-2-1-4-15(17)11-18(22)20(24)25/h8-10,15,17-18H,1-7,11-12H2,(H,21,23)(H,24,25). The molecule has 1 aromatic carbocycles. The molecule has 1 heterocycles. The summed E-state index contributed by atoms with van der Waals surface area (Å²) < 4.78 is 0.